The molecule has 5 aromatic carbocycles. The first kappa shape index (κ1) is 22.6. The Kier molecular flexibility index (Phi) is 6.14. The van der Waals surface area contributed by atoms with Gasteiger partial charge in [-0.05, 0) is 89.7 Å². The summed E-state index contributed by atoms with van der Waals surface area (Å²) < 4.78 is 2.24. The molecular weight excluding hydrogens is 448 g/mol. The van der Waals surface area contributed by atoms with Crippen molar-refractivity contribution in [3.05, 3.63) is 151 Å². The monoisotopic (exact) mass is 476 g/mol. The minimum atomic E-state index is 1.13. The summed E-state index contributed by atoms with van der Waals surface area (Å²) in [5.74, 6) is 0. The lowest BCUT2D eigenvalue weighted by atomic mass is 10.0. The van der Waals surface area contributed by atoms with Crippen LogP contribution in [0.5, 0.6) is 0 Å². The minimum Gasteiger partial charge on any atom is -0.317 e. The average Bonchev–Trinajstić information content (AvgIpc) is 3.40. The van der Waals surface area contributed by atoms with Gasteiger partial charge in [-0.2, -0.15) is 0 Å². The predicted octanol–water partition coefficient (Wildman–Crippen LogP) is 9.80. The molecule has 1 heterocycles. The molecule has 0 saturated carbocycles. The van der Waals surface area contributed by atoms with E-state index in [4.69, 9.17) is 0 Å². The topological polar surface area (TPSA) is 8.17 Å². The van der Waals surface area contributed by atoms with E-state index in [1.54, 1.807) is 0 Å². The highest BCUT2D eigenvalue weighted by Gasteiger charge is 2.12. The van der Waals surface area contributed by atoms with Gasteiger partial charge in [0.05, 0.1) is 5.52 Å². The first-order valence-electron chi connectivity index (χ1n) is 12.6. The van der Waals surface area contributed by atoms with E-state index in [0.717, 1.165) is 22.7 Å². The van der Waals surface area contributed by atoms with Crippen LogP contribution in [-0.2, 0) is 0 Å². The van der Waals surface area contributed by atoms with Crippen molar-refractivity contribution in [1.29, 1.82) is 0 Å². The molecule has 0 amide bonds. The van der Waals surface area contributed by atoms with Gasteiger partial charge in [-0.25, -0.2) is 0 Å². The van der Waals surface area contributed by atoms with Crippen molar-refractivity contribution in [2.24, 2.45) is 0 Å². The van der Waals surface area contributed by atoms with Gasteiger partial charge >= 0.3 is 0 Å². The number of hydrogen-bond acceptors (Lipinski definition) is 1. The lowest BCUT2D eigenvalue weighted by Gasteiger charge is -2.25. The zero-order valence-electron chi connectivity index (χ0n) is 20.8. The number of para-hydroxylation sites is 2. The van der Waals surface area contributed by atoms with Gasteiger partial charge in [0.15, 0.2) is 0 Å². The van der Waals surface area contributed by atoms with E-state index in [0.29, 0.717) is 0 Å². The van der Waals surface area contributed by atoms with E-state index in [2.05, 4.69) is 161 Å². The molecule has 0 N–H and O–H groups in total. The molecule has 37 heavy (non-hydrogen) atoms. The van der Waals surface area contributed by atoms with E-state index < -0.39 is 0 Å². The summed E-state index contributed by atoms with van der Waals surface area (Å²) in [7, 11) is 0. The smallest absolute Gasteiger partial charge is 0.0528 e. The van der Waals surface area contributed by atoms with Crippen molar-refractivity contribution in [1.82, 2.24) is 4.57 Å². The summed E-state index contributed by atoms with van der Waals surface area (Å²) in [6.45, 7) is 2.04. The maximum Gasteiger partial charge on any atom is 0.0528 e. The SMILES string of the molecule is C/C=C/c1ccc(N(c2ccccc2)c2ccc(-c3ccc(-n4ccc5ccccc54)cc3)cc2)cc1. The molecule has 2 heteroatoms. The third-order valence-electron chi connectivity index (χ3n) is 6.73. The molecule has 1 aromatic heterocycles. The second-order valence-electron chi connectivity index (χ2n) is 9.10. The minimum absolute atomic E-state index is 1.13. The highest BCUT2D eigenvalue weighted by atomic mass is 15.1. The quantitative estimate of drug-likeness (QED) is 0.232. The standard InChI is InChI=1S/C35H28N2/c1-2-8-27-13-19-33(20-14-27)37(32-10-4-3-5-11-32)34-23-17-29(18-24-34)28-15-21-31(22-16-28)36-26-25-30-9-6-7-12-35(30)36/h2-26H,1H3/b8-2+. The number of rotatable bonds is 6. The van der Waals surface area contributed by atoms with E-state index in [1.807, 2.05) is 6.92 Å². The van der Waals surface area contributed by atoms with E-state index in [9.17, 15) is 0 Å². The molecule has 6 rings (SSSR count). The maximum atomic E-state index is 2.30. The second-order valence-corrected chi connectivity index (χ2v) is 9.10. The van der Waals surface area contributed by atoms with Crippen LogP contribution in [0.3, 0.4) is 0 Å². The van der Waals surface area contributed by atoms with Crippen LogP contribution in [0.1, 0.15) is 12.5 Å². The van der Waals surface area contributed by atoms with Gasteiger partial charge in [0, 0.05) is 28.9 Å². The molecule has 0 saturated heterocycles. The van der Waals surface area contributed by atoms with Crippen molar-refractivity contribution in [3.8, 4) is 16.8 Å². The summed E-state index contributed by atoms with van der Waals surface area (Å²) in [6, 6.07) is 47.5. The molecule has 0 aliphatic carbocycles. The Morgan fingerprint density at radius 3 is 1.78 bits per heavy atom. The van der Waals surface area contributed by atoms with Crippen LogP contribution in [-0.4, -0.2) is 4.57 Å². The van der Waals surface area contributed by atoms with Gasteiger partial charge in [-0.3, -0.25) is 0 Å². The molecule has 178 valence electrons. The van der Waals surface area contributed by atoms with Gasteiger partial charge in [-0.1, -0.05) is 84.9 Å². The Morgan fingerprint density at radius 2 is 1.11 bits per heavy atom. The van der Waals surface area contributed by atoms with Crippen LogP contribution in [0.15, 0.2) is 146 Å². The van der Waals surface area contributed by atoms with Crippen LogP contribution < -0.4 is 4.90 Å². The van der Waals surface area contributed by atoms with Crippen molar-refractivity contribution < 1.29 is 0 Å². The highest BCUT2D eigenvalue weighted by molar-refractivity contribution is 5.82. The van der Waals surface area contributed by atoms with Gasteiger partial charge in [0.1, 0.15) is 0 Å². The maximum absolute atomic E-state index is 2.30. The Hall–Kier alpha value is -4.82. The van der Waals surface area contributed by atoms with Crippen molar-refractivity contribution in [2.45, 2.75) is 6.92 Å². The Morgan fingerprint density at radius 1 is 0.541 bits per heavy atom. The summed E-state index contributed by atoms with van der Waals surface area (Å²) in [6.07, 6.45) is 6.32. The predicted molar refractivity (Wildman–Crippen MR) is 158 cm³/mol. The zero-order chi connectivity index (χ0) is 25.0. The second kappa shape index (κ2) is 10.0. The van der Waals surface area contributed by atoms with Crippen molar-refractivity contribution in [3.63, 3.8) is 0 Å². The molecule has 0 fully saturated rings. The normalized spacial score (nSPS) is 11.3. The van der Waals surface area contributed by atoms with Crippen molar-refractivity contribution >= 4 is 34.0 Å². The number of nitrogens with zero attached hydrogens (tertiary/aromatic N) is 2. The largest absolute Gasteiger partial charge is 0.317 e. The third kappa shape index (κ3) is 4.57. The van der Waals surface area contributed by atoms with Gasteiger partial charge in [0.25, 0.3) is 0 Å². The fraction of sp³-hybridized carbons (Fsp3) is 0.0286. The van der Waals surface area contributed by atoms with Crippen LogP contribution in [0.4, 0.5) is 17.1 Å². The van der Waals surface area contributed by atoms with E-state index in [1.165, 1.54) is 27.6 Å². The summed E-state index contributed by atoms with van der Waals surface area (Å²) in [4.78, 5) is 2.30. The van der Waals surface area contributed by atoms with Gasteiger partial charge < -0.3 is 9.47 Å². The lowest BCUT2D eigenvalue weighted by molar-refractivity contribution is 1.13. The number of aromatic nitrogens is 1. The average molecular weight is 477 g/mol. The molecule has 0 atom stereocenters. The molecule has 2 nitrogen and oxygen atoms in total. The summed E-state index contributed by atoms with van der Waals surface area (Å²) in [5.41, 5.74) is 9.39. The molecule has 0 radical (unpaired) electrons. The Labute approximate surface area is 218 Å². The number of fused-ring (bicyclic) bond motifs is 1. The van der Waals surface area contributed by atoms with Gasteiger partial charge in [-0.15, -0.1) is 0 Å². The lowest BCUT2D eigenvalue weighted by Crippen LogP contribution is -2.09. The highest BCUT2D eigenvalue weighted by Crippen LogP contribution is 2.35. The Balaban J connectivity index is 1.30. The van der Waals surface area contributed by atoms with Crippen molar-refractivity contribution in [2.75, 3.05) is 4.90 Å². The van der Waals surface area contributed by atoms with Crippen LogP contribution in [0.2, 0.25) is 0 Å². The number of hydrogen-bond donors (Lipinski definition) is 0. The van der Waals surface area contributed by atoms with E-state index in [-0.39, 0.29) is 0 Å². The number of benzene rings is 5. The summed E-state index contributed by atoms with van der Waals surface area (Å²) in [5, 5.41) is 1.25. The Bertz CT molecular complexity index is 1640. The number of allylic oxidation sites excluding steroid dienone is 1. The van der Waals surface area contributed by atoms with E-state index >= 15 is 0 Å². The zero-order valence-corrected chi connectivity index (χ0v) is 20.8. The molecule has 0 unspecified atom stereocenters. The molecular formula is C35H28N2. The molecule has 0 aliphatic rings. The molecule has 6 aromatic rings. The molecule has 0 bridgehead atoms. The summed E-state index contributed by atoms with van der Waals surface area (Å²) >= 11 is 0. The van der Waals surface area contributed by atoms with Crippen LogP contribution >= 0.6 is 0 Å². The van der Waals surface area contributed by atoms with Crippen LogP contribution in [0.25, 0.3) is 33.8 Å². The van der Waals surface area contributed by atoms with Crippen LogP contribution in [0, 0.1) is 0 Å². The first-order valence-corrected chi connectivity index (χ1v) is 12.6. The molecule has 0 spiro atoms. The first-order chi connectivity index (χ1) is 18.3. The third-order valence-corrected chi connectivity index (χ3v) is 6.73. The molecule has 0 aliphatic heterocycles. The fourth-order valence-electron chi connectivity index (χ4n) is 4.88. The number of anilines is 3. The van der Waals surface area contributed by atoms with Gasteiger partial charge in [0.2, 0.25) is 0 Å². The fourth-order valence-corrected chi connectivity index (χ4v) is 4.88.